The quantitative estimate of drug-likeness (QED) is 0.915. The van der Waals surface area contributed by atoms with Crippen LogP contribution in [0.4, 0.5) is 0 Å². The van der Waals surface area contributed by atoms with Crippen LogP contribution in [0.1, 0.15) is 30.5 Å². The number of hydrogen-bond donors (Lipinski definition) is 1. The lowest BCUT2D eigenvalue weighted by Gasteiger charge is -2.38. The van der Waals surface area contributed by atoms with E-state index >= 15 is 0 Å². The summed E-state index contributed by atoms with van der Waals surface area (Å²) in [4.78, 5) is 14.7. The largest absolute Gasteiger partial charge is 0.464 e. The van der Waals surface area contributed by atoms with Gasteiger partial charge in [-0.3, -0.25) is 4.79 Å². The summed E-state index contributed by atoms with van der Waals surface area (Å²) in [6, 6.07) is 4.74. The van der Waals surface area contributed by atoms with Gasteiger partial charge in [0.2, 0.25) is 5.91 Å². The molecule has 0 radical (unpaired) electrons. The normalized spacial score (nSPS) is 21.3. The summed E-state index contributed by atoms with van der Waals surface area (Å²) in [5.74, 6) is 0.182. The molecule has 2 aromatic rings. The van der Waals surface area contributed by atoms with Crippen LogP contribution in [0.25, 0.3) is 11.0 Å². The van der Waals surface area contributed by atoms with Crippen molar-refractivity contribution >= 4 is 29.3 Å². The number of hydrogen-bond acceptors (Lipinski definition) is 3. The van der Waals surface area contributed by atoms with E-state index in [1.165, 1.54) is 11.1 Å². The smallest absolute Gasteiger partial charge is 0.227 e. The molecule has 0 aliphatic carbocycles. The van der Waals surface area contributed by atoms with Gasteiger partial charge in [0.1, 0.15) is 5.58 Å². The summed E-state index contributed by atoms with van der Waals surface area (Å²) in [6.45, 7) is 10.0. The Morgan fingerprint density at radius 1 is 1.30 bits per heavy atom. The fourth-order valence-corrected chi connectivity index (χ4v) is 3.15. The van der Waals surface area contributed by atoms with Gasteiger partial charge in [-0.25, -0.2) is 0 Å². The second-order valence-electron chi connectivity index (χ2n) is 6.44. The monoisotopic (exact) mass is 336 g/mol. The Bertz CT molecular complexity index is 710. The third-order valence-electron chi connectivity index (χ3n) is 4.97. The number of furan rings is 1. The molecule has 4 nitrogen and oxygen atoms in total. The van der Waals surface area contributed by atoms with E-state index in [1.807, 2.05) is 11.0 Å². The van der Waals surface area contributed by atoms with Crippen LogP contribution in [-0.4, -0.2) is 36.0 Å². The molecule has 0 bridgehead atoms. The Morgan fingerprint density at radius 2 is 2.00 bits per heavy atom. The van der Waals surface area contributed by atoms with Crippen molar-refractivity contribution in [3.63, 3.8) is 0 Å². The van der Waals surface area contributed by atoms with Crippen molar-refractivity contribution in [3.8, 4) is 0 Å². The number of fused-ring (bicyclic) bond motifs is 1. The van der Waals surface area contributed by atoms with Gasteiger partial charge < -0.3 is 14.6 Å². The molecular formula is C18H25ClN2O2. The Kier molecular flexibility index (Phi) is 5.37. The third kappa shape index (κ3) is 3.38. The standard InChI is InChI=1S/C18H24N2O2.ClH/c1-11-7-16-15(10-22-17(16)8-12(11)2)9-18(21)20-6-5-19-13(3)14(20)4;/h7-8,10,13-14,19H,5-6,9H2,1-4H3;1H. The maximum Gasteiger partial charge on any atom is 0.227 e. The van der Waals surface area contributed by atoms with Gasteiger partial charge in [0, 0.05) is 36.1 Å². The Balaban J connectivity index is 0.00000192. The number of piperazine rings is 1. The number of amides is 1. The lowest BCUT2D eigenvalue weighted by atomic mass is 10.0. The number of carbonyl (C=O) groups is 1. The number of nitrogens with one attached hydrogen (secondary N) is 1. The zero-order valence-corrected chi connectivity index (χ0v) is 15.0. The average Bonchev–Trinajstić information content (AvgIpc) is 2.84. The molecule has 1 aliphatic heterocycles. The van der Waals surface area contributed by atoms with Crippen molar-refractivity contribution < 1.29 is 9.21 Å². The van der Waals surface area contributed by atoms with E-state index in [1.54, 1.807) is 6.26 Å². The molecule has 0 spiro atoms. The summed E-state index contributed by atoms with van der Waals surface area (Å²) < 4.78 is 5.64. The van der Waals surface area contributed by atoms with Crippen LogP contribution in [0.2, 0.25) is 0 Å². The minimum atomic E-state index is 0. The van der Waals surface area contributed by atoms with Crippen LogP contribution in [0, 0.1) is 13.8 Å². The highest BCUT2D eigenvalue weighted by Gasteiger charge is 2.28. The molecule has 126 valence electrons. The van der Waals surface area contributed by atoms with Crippen LogP contribution in [0.15, 0.2) is 22.8 Å². The van der Waals surface area contributed by atoms with Crippen LogP contribution in [0.5, 0.6) is 0 Å². The minimum absolute atomic E-state index is 0. The topological polar surface area (TPSA) is 45.5 Å². The lowest BCUT2D eigenvalue weighted by Crippen LogP contribution is -2.57. The van der Waals surface area contributed by atoms with Crippen molar-refractivity contribution in [1.82, 2.24) is 10.2 Å². The number of nitrogens with zero attached hydrogens (tertiary/aromatic N) is 1. The van der Waals surface area contributed by atoms with Gasteiger partial charge >= 0.3 is 0 Å². The van der Waals surface area contributed by atoms with Gasteiger partial charge in [0.25, 0.3) is 0 Å². The number of aryl methyl sites for hydroxylation is 2. The maximum absolute atomic E-state index is 12.7. The molecule has 1 saturated heterocycles. The first-order valence-corrected chi connectivity index (χ1v) is 7.97. The predicted molar refractivity (Wildman–Crippen MR) is 95.3 cm³/mol. The first-order chi connectivity index (χ1) is 10.5. The van der Waals surface area contributed by atoms with E-state index in [0.717, 1.165) is 29.6 Å². The summed E-state index contributed by atoms with van der Waals surface area (Å²) in [5, 5.41) is 4.47. The van der Waals surface area contributed by atoms with Crippen LogP contribution in [0.3, 0.4) is 0 Å². The summed E-state index contributed by atoms with van der Waals surface area (Å²) in [5.41, 5.74) is 4.30. The van der Waals surface area contributed by atoms with Crippen LogP contribution >= 0.6 is 12.4 Å². The molecular weight excluding hydrogens is 312 g/mol. The zero-order valence-electron chi connectivity index (χ0n) is 14.2. The molecule has 2 atom stereocenters. The van der Waals surface area contributed by atoms with Crippen molar-refractivity contribution in [2.45, 2.75) is 46.2 Å². The highest BCUT2D eigenvalue weighted by atomic mass is 35.5. The highest BCUT2D eigenvalue weighted by molar-refractivity contribution is 5.88. The van der Waals surface area contributed by atoms with E-state index < -0.39 is 0 Å². The van der Waals surface area contributed by atoms with E-state index in [2.05, 4.69) is 39.1 Å². The molecule has 1 amide bonds. The number of benzene rings is 1. The van der Waals surface area contributed by atoms with E-state index in [-0.39, 0.29) is 24.4 Å². The zero-order chi connectivity index (χ0) is 15.9. The second kappa shape index (κ2) is 6.93. The summed E-state index contributed by atoms with van der Waals surface area (Å²) >= 11 is 0. The molecule has 5 heteroatoms. The second-order valence-corrected chi connectivity index (χ2v) is 6.44. The Morgan fingerprint density at radius 3 is 2.74 bits per heavy atom. The number of halogens is 1. The van der Waals surface area contributed by atoms with Crippen LogP contribution in [-0.2, 0) is 11.2 Å². The van der Waals surface area contributed by atoms with Gasteiger partial charge in [-0.15, -0.1) is 12.4 Å². The van der Waals surface area contributed by atoms with Gasteiger partial charge in [0.15, 0.2) is 0 Å². The van der Waals surface area contributed by atoms with E-state index in [0.29, 0.717) is 12.5 Å². The molecule has 1 aromatic heterocycles. The number of rotatable bonds is 2. The molecule has 1 N–H and O–H groups in total. The Hall–Kier alpha value is -1.52. The minimum Gasteiger partial charge on any atom is -0.464 e. The SMILES string of the molecule is Cc1cc2occ(CC(=O)N3CCNC(C)C3C)c2cc1C.Cl. The van der Waals surface area contributed by atoms with Crippen molar-refractivity contribution in [2.24, 2.45) is 0 Å². The average molecular weight is 337 g/mol. The molecule has 1 aromatic carbocycles. The lowest BCUT2D eigenvalue weighted by molar-refractivity contribution is -0.134. The predicted octanol–water partition coefficient (Wildman–Crippen LogP) is 3.22. The van der Waals surface area contributed by atoms with Gasteiger partial charge in [-0.05, 0) is 51.0 Å². The molecule has 1 aliphatic rings. The highest BCUT2D eigenvalue weighted by Crippen LogP contribution is 2.26. The molecule has 2 heterocycles. The van der Waals surface area contributed by atoms with Crippen molar-refractivity contribution in [1.29, 1.82) is 0 Å². The Labute approximate surface area is 143 Å². The molecule has 0 saturated carbocycles. The van der Waals surface area contributed by atoms with Crippen molar-refractivity contribution in [2.75, 3.05) is 13.1 Å². The first-order valence-electron chi connectivity index (χ1n) is 7.97. The van der Waals surface area contributed by atoms with Crippen LogP contribution < -0.4 is 5.32 Å². The summed E-state index contributed by atoms with van der Waals surface area (Å²) in [6.07, 6.45) is 2.14. The third-order valence-corrected chi connectivity index (χ3v) is 4.97. The van der Waals surface area contributed by atoms with E-state index in [4.69, 9.17) is 4.42 Å². The van der Waals surface area contributed by atoms with E-state index in [9.17, 15) is 4.79 Å². The fraction of sp³-hybridized carbons (Fsp3) is 0.500. The number of carbonyl (C=O) groups excluding carboxylic acids is 1. The molecule has 2 unspecified atom stereocenters. The maximum atomic E-state index is 12.7. The van der Waals surface area contributed by atoms with Crippen molar-refractivity contribution in [3.05, 3.63) is 35.1 Å². The van der Waals surface area contributed by atoms with Gasteiger partial charge in [-0.2, -0.15) is 0 Å². The summed E-state index contributed by atoms with van der Waals surface area (Å²) in [7, 11) is 0. The molecule has 3 rings (SSSR count). The molecule has 1 fully saturated rings. The fourth-order valence-electron chi connectivity index (χ4n) is 3.15. The molecule has 23 heavy (non-hydrogen) atoms. The first kappa shape index (κ1) is 17.8. The van der Waals surface area contributed by atoms with Gasteiger partial charge in [0.05, 0.1) is 12.7 Å². The van der Waals surface area contributed by atoms with Gasteiger partial charge in [-0.1, -0.05) is 0 Å².